The molecule has 0 aliphatic carbocycles. The first-order valence-corrected chi connectivity index (χ1v) is 8.20. The zero-order valence-corrected chi connectivity index (χ0v) is 13.3. The predicted molar refractivity (Wildman–Crippen MR) is 93.6 cm³/mol. The van der Waals surface area contributed by atoms with Crippen LogP contribution in [0, 0.1) is 0 Å². The van der Waals surface area contributed by atoms with Gasteiger partial charge in [-0.05, 0) is 31.4 Å². The third-order valence-corrected chi connectivity index (χ3v) is 4.65. The zero-order valence-electron chi connectivity index (χ0n) is 13.3. The lowest BCUT2D eigenvalue weighted by Crippen LogP contribution is -2.30. The maximum Gasteiger partial charge on any atom is 0.220 e. The highest BCUT2D eigenvalue weighted by Crippen LogP contribution is 2.37. The SMILES string of the molecule is Nc1nccc(-c2c[nH]c3nccc(N4CCCC4CCO)c23)n1. The van der Waals surface area contributed by atoms with Gasteiger partial charge in [-0.2, -0.15) is 0 Å². The second-order valence-electron chi connectivity index (χ2n) is 6.06. The highest BCUT2D eigenvalue weighted by atomic mass is 16.3. The summed E-state index contributed by atoms with van der Waals surface area (Å²) in [5.41, 5.74) is 9.45. The minimum atomic E-state index is 0.206. The standard InChI is InChI=1S/C17H20N6O/c18-17-20-6-3-13(22-17)12-10-21-16-15(12)14(4-7-19-16)23-8-1-2-11(23)5-9-24/h3-4,6-7,10-11,24H,1-2,5,8-9H2,(H,19,21)(H2,18,20,22). The maximum atomic E-state index is 9.35. The fourth-order valence-electron chi connectivity index (χ4n) is 3.61. The van der Waals surface area contributed by atoms with Crippen LogP contribution < -0.4 is 10.6 Å². The van der Waals surface area contributed by atoms with E-state index in [2.05, 4.69) is 24.8 Å². The van der Waals surface area contributed by atoms with Crippen molar-refractivity contribution in [1.29, 1.82) is 0 Å². The number of nitrogens with one attached hydrogen (secondary N) is 1. The second kappa shape index (κ2) is 6.09. The summed E-state index contributed by atoms with van der Waals surface area (Å²) in [6.45, 7) is 1.19. The van der Waals surface area contributed by atoms with Crippen LogP contribution in [0.2, 0.25) is 0 Å². The van der Waals surface area contributed by atoms with Crippen LogP contribution in [0.3, 0.4) is 0 Å². The molecule has 124 valence electrons. The highest BCUT2D eigenvalue weighted by Gasteiger charge is 2.27. The van der Waals surface area contributed by atoms with Crippen LogP contribution in [-0.4, -0.2) is 44.2 Å². The summed E-state index contributed by atoms with van der Waals surface area (Å²) in [7, 11) is 0. The van der Waals surface area contributed by atoms with Crippen molar-refractivity contribution >= 4 is 22.7 Å². The first-order chi connectivity index (χ1) is 11.8. The van der Waals surface area contributed by atoms with Gasteiger partial charge in [0, 0.05) is 43.3 Å². The number of anilines is 2. The quantitative estimate of drug-likeness (QED) is 0.677. The van der Waals surface area contributed by atoms with E-state index in [1.54, 1.807) is 6.20 Å². The van der Waals surface area contributed by atoms with Crippen LogP contribution >= 0.6 is 0 Å². The number of pyridine rings is 1. The number of aromatic nitrogens is 4. The number of nitrogens with two attached hydrogens (primary N) is 1. The van der Waals surface area contributed by atoms with Crippen LogP contribution in [0.5, 0.6) is 0 Å². The number of nitrogens with zero attached hydrogens (tertiary/aromatic N) is 4. The molecular weight excluding hydrogens is 304 g/mol. The van der Waals surface area contributed by atoms with Gasteiger partial charge in [0.25, 0.3) is 0 Å². The molecule has 0 aromatic carbocycles. The molecule has 1 fully saturated rings. The molecule has 0 spiro atoms. The van der Waals surface area contributed by atoms with Gasteiger partial charge < -0.3 is 20.7 Å². The number of rotatable bonds is 4. The predicted octanol–water partition coefficient (Wildman–Crippen LogP) is 1.95. The van der Waals surface area contributed by atoms with Crippen LogP contribution in [-0.2, 0) is 0 Å². The number of aliphatic hydroxyl groups is 1. The second-order valence-corrected chi connectivity index (χ2v) is 6.06. The Hall–Kier alpha value is -2.67. The van der Waals surface area contributed by atoms with Crippen molar-refractivity contribution in [1.82, 2.24) is 19.9 Å². The van der Waals surface area contributed by atoms with E-state index in [9.17, 15) is 5.11 Å². The third-order valence-electron chi connectivity index (χ3n) is 4.65. The molecule has 1 atom stereocenters. The normalized spacial score (nSPS) is 17.7. The van der Waals surface area contributed by atoms with E-state index in [0.717, 1.165) is 53.8 Å². The van der Waals surface area contributed by atoms with Gasteiger partial charge in [0.1, 0.15) is 5.65 Å². The molecular formula is C17H20N6O. The van der Waals surface area contributed by atoms with Crippen molar-refractivity contribution in [3.8, 4) is 11.3 Å². The Morgan fingerprint density at radius 2 is 2.17 bits per heavy atom. The van der Waals surface area contributed by atoms with Gasteiger partial charge in [0.15, 0.2) is 0 Å². The summed E-state index contributed by atoms with van der Waals surface area (Å²) < 4.78 is 0. The Kier molecular flexibility index (Phi) is 3.78. The summed E-state index contributed by atoms with van der Waals surface area (Å²) in [5.74, 6) is 0.256. The van der Waals surface area contributed by atoms with Gasteiger partial charge in [-0.3, -0.25) is 0 Å². The molecule has 0 radical (unpaired) electrons. The zero-order chi connectivity index (χ0) is 16.5. The molecule has 24 heavy (non-hydrogen) atoms. The molecule has 0 bridgehead atoms. The van der Waals surface area contributed by atoms with Gasteiger partial charge in [-0.1, -0.05) is 0 Å². The van der Waals surface area contributed by atoms with E-state index in [1.165, 1.54) is 0 Å². The molecule has 4 heterocycles. The average Bonchev–Trinajstić information content (AvgIpc) is 3.21. The number of aliphatic hydroxyl groups excluding tert-OH is 1. The minimum Gasteiger partial charge on any atom is -0.396 e. The minimum absolute atomic E-state index is 0.206. The van der Waals surface area contributed by atoms with Gasteiger partial charge in [-0.25, -0.2) is 15.0 Å². The molecule has 1 aliphatic heterocycles. The van der Waals surface area contributed by atoms with Crippen molar-refractivity contribution in [3.05, 3.63) is 30.7 Å². The number of hydrogen-bond donors (Lipinski definition) is 3. The lowest BCUT2D eigenvalue weighted by atomic mass is 10.1. The Bertz CT molecular complexity index is 861. The summed E-state index contributed by atoms with van der Waals surface area (Å²) >= 11 is 0. The first-order valence-electron chi connectivity index (χ1n) is 8.20. The average molecular weight is 324 g/mol. The molecule has 4 N–H and O–H groups in total. The Balaban J connectivity index is 1.86. The van der Waals surface area contributed by atoms with Gasteiger partial charge in [-0.15, -0.1) is 0 Å². The van der Waals surface area contributed by atoms with Crippen LogP contribution in [0.1, 0.15) is 19.3 Å². The van der Waals surface area contributed by atoms with E-state index >= 15 is 0 Å². The van der Waals surface area contributed by atoms with Crippen molar-refractivity contribution < 1.29 is 5.11 Å². The Morgan fingerprint density at radius 3 is 3.00 bits per heavy atom. The largest absolute Gasteiger partial charge is 0.396 e. The highest BCUT2D eigenvalue weighted by molar-refractivity contribution is 6.02. The lowest BCUT2D eigenvalue weighted by Gasteiger charge is -2.27. The molecule has 0 amide bonds. The van der Waals surface area contributed by atoms with E-state index < -0.39 is 0 Å². The van der Waals surface area contributed by atoms with Gasteiger partial charge in [0.2, 0.25) is 5.95 Å². The summed E-state index contributed by atoms with van der Waals surface area (Å²) in [4.78, 5) is 18.4. The van der Waals surface area contributed by atoms with Crippen molar-refractivity contribution in [2.24, 2.45) is 0 Å². The van der Waals surface area contributed by atoms with E-state index in [0.29, 0.717) is 6.04 Å². The van der Waals surface area contributed by atoms with E-state index in [4.69, 9.17) is 5.73 Å². The maximum absolute atomic E-state index is 9.35. The number of hydrogen-bond acceptors (Lipinski definition) is 6. The summed E-state index contributed by atoms with van der Waals surface area (Å²) in [5, 5.41) is 10.4. The topological polar surface area (TPSA) is 104 Å². The number of aromatic amines is 1. The number of fused-ring (bicyclic) bond motifs is 1. The van der Waals surface area contributed by atoms with Gasteiger partial charge in [0.05, 0.1) is 16.8 Å². The molecule has 0 saturated carbocycles. The summed E-state index contributed by atoms with van der Waals surface area (Å²) in [6, 6.07) is 4.25. The molecule has 7 heteroatoms. The smallest absolute Gasteiger partial charge is 0.220 e. The molecule has 1 aliphatic rings. The Morgan fingerprint density at radius 1 is 1.29 bits per heavy atom. The van der Waals surface area contributed by atoms with Crippen LogP contribution in [0.4, 0.5) is 11.6 Å². The molecule has 4 rings (SSSR count). The Labute approximate surface area is 139 Å². The van der Waals surface area contributed by atoms with Crippen molar-refractivity contribution in [3.63, 3.8) is 0 Å². The first kappa shape index (κ1) is 14.9. The van der Waals surface area contributed by atoms with E-state index in [-0.39, 0.29) is 12.6 Å². The molecule has 1 unspecified atom stereocenters. The summed E-state index contributed by atoms with van der Waals surface area (Å²) in [6.07, 6.45) is 8.42. The van der Waals surface area contributed by atoms with Gasteiger partial charge >= 0.3 is 0 Å². The number of H-pyrrole nitrogens is 1. The number of nitrogen functional groups attached to an aromatic ring is 1. The fourth-order valence-corrected chi connectivity index (χ4v) is 3.61. The van der Waals surface area contributed by atoms with Crippen LogP contribution in [0.25, 0.3) is 22.3 Å². The molecule has 3 aromatic rings. The lowest BCUT2D eigenvalue weighted by molar-refractivity contribution is 0.276. The van der Waals surface area contributed by atoms with E-state index in [1.807, 2.05) is 24.5 Å². The van der Waals surface area contributed by atoms with Crippen LogP contribution in [0.15, 0.2) is 30.7 Å². The molecule has 3 aromatic heterocycles. The third kappa shape index (κ3) is 2.46. The monoisotopic (exact) mass is 324 g/mol. The van der Waals surface area contributed by atoms with Crippen molar-refractivity contribution in [2.75, 3.05) is 23.8 Å². The van der Waals surface area contributed by atoms with Crippen molar-refractivity contribution in [2.45, 2.75) is 25.3 Å². The molecule has 7 nitrogen and oxygen atoms in total. The molecule has 1 saturated heterocycles. The fraction of sp³-hybridized carbons (Fsp3) is 0.353.